The van der Waals surface area contributed by atoms with Crippen LogP contribution in [0.2, 0.25) is 0 Å². The van der Waals surface area contributed by atoms with Gasteiger partial charge < -0.3 is 14.4 Å². The third-order valence-corrected chi connectivity index (χ3v) is 3.62. The number of carbonyl (C=O) groups is 1. The smallest absolute Gasteiger partial charge is 0.228 e. The highest BCUT2D eigenvalue weighted by Gasteiger charge is 2.30. The Labute approximate surface area is 130 Å². The topological polar surface area (TPSA) is 38.8 Å². The lowest BCUT2D eigenvalue weighted by Gasteiger charge is -2.23. The second kappa shape index (κ2) is 7.09. The number of para-hydroxylation sites is 1. The molecule has 22 heavy (non-hydrogen) atoms. The lowest BCUT2D eigenvalue weighted by molar-refractivity contribution is -0.136. The van der Waals surface area contributed by atoms with Gasteiger partial charge in [0.05, 0.1) is 19.6 Å². The van der Waals surface area contributed by atoms with E-state index >= 15 is 0 Å². The van der Waals surface area contributed by atoms with E-state index in [1.165, 1.54) is 0 Å². The van der Waals surface area contributed by atoms with Crippen LogP contribution < -0.4 is 4.74 Å². The van der Waals surface area contributed by atoms with E-state index in [1.54, 1.807) is 4.90 Å². The van der Waals surface area contributed by atoms with E-state index in [4.69, 9.17) is 9.47 Å². The second-order valence-electron chi connectivity index (χ2n) is 5.13. The summed E-state index contributed by atoms with van der Waals surface area (Å²) in [5, 5.41) is 0. The fourth-order valence-electron chi connectivity index (χ4n) is 2.54. The van der Waals surface area contributed by atoms with Crippen LogP contribution in [0.5, 0.6) is 5.75 Å². The molecule has 1 aliphatic rings. The van der Waals surface area contributed by atoms with Crippen LogP contribution in [0.3, 0.4) is 0 Å². The summed E-state index contributed by atoms with van der Waals surface area (Å²) in [5.41, 5.74) is 1.01. The fourth-order valence-corrected chi connectivity index (χ4v) is 2.54. The van der Waals surface area contributed by atoms with Crippen molar-refractivity contribution in [1.82, 2.24) is 4.90 Å². The Hall–Kier alpha value is -2.33. The number of rotatable bonds is 5. The fraction of sp³-hybridized carbons (Fsp3) is 0.278. The average Bonchev–Trinajstić information content (AvgIpc) is 3.06. The van der Waals surface area contributed by atoms with Gasteiger partial charge in [-0.15, -0.1) is 0 Å². The summed E-state index contributed by atoms with van der Waals surface area (Å²) in [6.07, 6.45) is 0.0760. The minimum absolute atomic E-state index is 0.0577. The SMILES string of the molecule is O=C(CCOc1ccccc1)N1CCOC1c1ccccc1. The normalized spacial score (nSPS) is 17.5. The Morgan fingerprint density at radius 1 is 1.09 bits per heavy atom. The van der Waals surface area contributed by atoms with Crippen LogP contribution in [0.1, 0.15) is 18.2 Å². The third kappa shape index (κ3) is 3.46. The largest absolute Gasteiger partial charge is 0.493 e. The second-order valence-corrected chi connectivity index (χ2v) is 5.13. The Bertz CT molecular complexity index is 600. The maximum atomic E-state index is 12.4. The van der Waals surface area contributed by atoms with E-state index in [0.29, 0.717) is 26.2 Å². The van der Waals surface area contributed by atoms with Gasteiger partial charge in [-0.3, -0.25) is 4.79 Å². The van der Waals surface area contributed by atoms with Crippen molar-refractivity contribution in [2.75, 3.05) is 19.8 Å². The zero-order valence-electron chi connectivity index (χ0n) is 12.4. The molecule has 4 nitrogen and oxygen atoms in total. The van der Waals surface area contributed by atoms with Crippen LogP contribution in [0.4, 0.5) is 0 Å². The standard InChI is InChI=1S/C18H19NO3/c20-17(11-13-21-16-9-5-2-6-10-16)19-12-14-22-18(19)15-7-3-1-4-8-15/h1-10,18H,11-14H2. The number of benzene rings is 2. The van der Waals surface area contributed by atoms with Crippen LogP contribution >= 0.6 is 0 Å². The summed E-state index contributed by atoms with van der Waals surface area (Å²) in [6, 6.07) is 19.4. The average molecular weight is 297 g/mol. The number of carbonyl (C=O) groups excluding carboxylic acids is 1. The van der Waals surface area contributed by atoms with Crippen molar-refractivity contribution in [3.05, 3.63) is 66.2 Å². The molecule has 2 aromatic carbocycles. The highest BCUT2D eigenvalue weighted by molar-refractivity contribution is 5.77. The van der Waals surface area contributed by atoms with Crippen molar-refractivity contribution >= 4 is 5.91 Å². The van der Waals surface area contributed by atoms with E-state index in [-0.39, 0.29) is 12.1 Å². The minimum atomic E-state index is -0.273. The quantitative estimate of drug-likeness (QED) is 0.851. The van der Waals surface area contributed by atoms with Gasteiger partial charge in [0.25, 0.3) is 0 Å². The van der Waals surface area contributed by atoms with Crippen molar-refractivity contribution in [3.8, 4) is 5.75 Å². The van der Waals surface area contributed by atoms with Gasteiger partial charge in [0.1, 0.15) is 5.75 Å². The van der Waals surface area contributed by atoms with Crippen LogP contribution in [0, 0.1) is 0 Å². The van der Waals surface area contributed by atoms with Crippen LogP contribution in [0.15, 0.2) is 60.7 Å². The first kappa shape index (κ1) is 14.6. The Kier molecular flexibility index (Phi) is 4.71. The van der Waals surface area contributed by atoms with E-state index in [0.717, 1.165) is 11.3 Å². The first-order valence-electron chi connectivity index (χ1n) is 7.48. The summed E-state index contributed by atoms with van der Waals surface area (Å²) in [7, 11) is 0. The number of amides is 1. The number of hydrogen-bond donors (Lipinski definition) is 0. The van der Waals surface area contributed by atoms with Crippen LogP contribution in [-0.4, -0.2) is 30.6 Å². The number of nitrogens with zero attached hydrogens (tertiary/aromatic N) is 1. The summed E-state index contributed by atoms with van der Waals surface area (Å²) in [6.45, 7) is 1.58. The van der Waals surface area contributed by atoms with Gasteiger partial charge in [0, 0.05) is 12.1 Å². The molecule has 1 saturated heterocycles. The van der Waals surface area contributed by atoms with Crippen LogP contribution in [0.25, 0.3) is 0 Å². The number of ether oxygens (including phenoxy) is 2. The molecule has 114 valence electrons. The van der Waals surface area contributed by atoms with Gasteiger partial charge in [-0.1, -0.05) is 48.5 Å². The molecular weight excluding hydrogens is 278 g/mol. The predicted octanol–water partition coefficient (Wildman–Crippen LogP) is 3.01. The molecule has 2 aromatic rings. The molecule has 1 fully saturated rings. The van der Waals surface area contributed by atoms with E-state index in [9.17, 15) is 4.79 Å². The minimum Gasteiger partial charge on any atom is -0.493 e. The molecule has 0 bridgehead atoms. The molecule has 1 amide bonds. The Morgan fingerprint density at radius 3 is 2.50 bits per heavy atom. The van der Waals surface area contributed by atoms with Gasteiger partial charge in [0.2, 0.25) is 5.91 Å². The van der Waals surface area contributed by atoms with Crippen molar-refractivity contribution in [1.29, 1.82) is 0 Å². The van der Waals surface area contributed by atoms with Crippen molar-refractivity contribution in [2.24, 2.45) is 0 Å². The maximum absolute atomic E-state index is 12.4. The zero-order valence-corrected chi connectivity index (χ0v) is 12.4. The summed E-state index contributed by atoms with van der Waals surface area (Å²) >= 11 is 0. The maximum Gasteiger partial charge on any atom is 0.228 e. The van der Waals surface area contributed by atoms with Gasteiger partial charge in [0.15, 0.2) is 6.23 Å². The molecule has 0 aromatic heterocycles. The molecule has 1 atom stereocenters. The monoisotopic (exact) mass is 297 g/mol. The number of hydrogen-bond acceptors (Lipinski definition) is 3. The molecular formula is C18H19NO3. The molecule has 4 heteroatoms. The summed E-state index contributed by atoms with van der Waals surface area (Å²) < 4.78 is 11.3. The van der Waals surface area contributed by atoms with Gasteiger partial charge in [-0.2, -0.15) is 0 Å². The van der Waals surface area contributed by atoms with E-state index in [1.807, 2.05) is 60.7 Å². The van der Waals surface area contributed by atoms with Gasteiger partial charge >= 0.3 is 0 Å². The summed E-state index contributed by atoms with van der Waals surface area (Å²) in [4.78, 5) is 14.2. The Morgan fingerprint density at radius 2 is 1.77 bits per heavy atom. The van der Waals surface area contributed by atoms with E-state index in [2.05, 4.69) is 0 Å². The molecule has 1 unspecified atom stereocenters. The highest BCUT2D eigenvalue weighted by Crippen LogP contribution is 2.27. The molecule has 0 aliphatic carbocycles. The van der Waals surface area contributed by atoms with E-state index < -0.39 is 0 Å². The molecule has 3 rings (SSSR count). The first-order chi connectivity index (χ1) is 10.8. The zero-order chi connectivity index (χ0) is 15.2. The first-order valence-corrected chi connectivity index (χ1v) is 7.48. The lowest BCUT2D eigenvalue weighted by atomic mass is 10.2. The van der Waals surface area contributed by atoms with Gasteiger partial charge in [-0.05, 0) is 12.1 Å². The van der Waals surface area contributed by atoms with Crippen molar-refractivity contribution in [2.45, 2.75) is 12.6 Å². The lowest BCUT2D eigenvalue weighted by Crippen LogP contribution is -2.32. The van der Waals surface area contributed by atoms with Gasteiger partial charge in [-0.25, -0.2) is 0 Å². The highest BCUT2D eigenvalue weighted by atomic mass is 16.5. The molecule has 0 saturated carbocycles. The predicted molar refractivity (Wildman–Crippen MR) is 83.4 cm³/mol. The molecule has 0 N–H and O–H groups in total. The molecule has 0 radical (unpaired) electrons. The molecule has 1 heterocycles. The molecule has 1 aliphatic heterocycles. The third-order valence-electron chi connectivity index (χ3n) is 3.62. The van der Waals surface area contributed by atoms with Crippen molar-refractivity contribution < 1.29 is 14.3 Å². The van der Waals surface area contributed by atoms with Crippen LogP contribution in [-0.2, 0) is 9.53 Å². The summed E-state index contributed by atoms with van der Waals surface area (Å²) in [5.74, 6) is 0.842. The Balaban J connectivity index is 1.55. The van der Waals surface area contributed by atoms with Crippen molar-refractivity contribution in [3.63, 3.8) is 0 Å². The molecule has 0 spiro atoms.